The Kier molecular flexibility index (Phi) is 5.71. The molecule has 1 amide bonds. The highest BCUT2D eigenvalue weighted by molar-refractivity contribution is 6.11. The Bertz CT molecular complexity index is 1200. The minimum atomic E-state index is -4.52. The molecule has 0 aliphatic carbocycles. The predicted octanol–water partition coefficient (Wildman–Crippen LogP) is 4.33. The first-order chi connectivity index (χ1) is 14.5. The van der Waals surface area contributed by atoms with Gasteiger partial charge >= 0.3 is 6.18 Å². The molecule has 9 heteroatoms. The molecule has 0 bridgehead atoms. The van der Waals surface area contributed by atoms with Crippen molar-refractivity contribution in [3.63, 3.8) is 0 Å². The molecule has 0 unspecified atom stereocenters. The highest BCUT2D eigenvalue weighted by atomic mass is 19.4. The van der Waals surface area contributed by atoms with Crippen LogP contribution < -0.4 is 15.2 Å². The lowest BCUT2D eigenvalue weighted by Crippen LogP contribution is -2.40. The van der Waals surface area contributed by atoms with Crippen LogP contribution in [0.15, 0.2) is 47.3 Å². The summed E-state index contributed by atoms with van der Waals surface area (Å²) in [7, 11) is 2.85. The molecule has 2 aromatic carbocycles. The fourth-order valence-electron chi connectivity index (χ4n) is 3.48. The molecular formula is C22H21F3N2O4. The number of anilines is 1. The molecule has 3 aromatic rings. The molecule has 1 heterocycles. The van der Waals surface area contributed by atoms with Crippen molar-refractivity contribution in [2.24, 2.45) is 7.05 Å². The van der Waals surface area contributed by atoms with Gasteiger partial charge in [0.1, 0.15) is 17.1 Å². The molecule has 0 atom stereocenters. The summed E-state index contributed by atoms with van der Waals surface area (Å²) in [6.07, 6.45) is -4.52. The number of rotatable bonds is 4. The lowest BCUT2D eigenvalue weighted by Gasteiger charge is -2.28. The van der Waals surface area contributed by atoms with Crippen molar-refractivity contribution in [2.45, 2.75) is 26.1 Å². The van der Waals surface area contributed by atoms with Crippen LogP contribution in [-0.4, -0.2) is 28.7 Å². The fourth-order valence-corrected chi connectivity index (χ4v) is 3.48. The second-order valence-corrected chi connectivity index (χ2v) is 7.26. The molecule has 1 aromatic heterocycles. The Hall–Kier alpha value is -3.49. The monoisotopic (exact) mass is 434 g/mol. The summed E-state index contributed by atoms with van der Waals surface area (Å²) >= 11 is 0. The van der Waals surface area contributed by atoms with Crippen molar-refractivity contribution in [3.05, 3.63) is 63.9 Å². The molecule has 31 heavy (non-hydrogen) atoms. The Labute approximate surface area is 176 Å². The molecule has 3 rings (SSSR count). The normalized spacial score (nSPS) is 11.7. The topological polar surface area (TPSA) is 71.8 Å². The van der Waals surface area contributed by atoms with Crippen molar-refractivity contribution in [3.8, 4) is 11.5 Å². The van der Waals surface area contributed by atoms with Crippen LogP contribution in [0, 0.1) is 0 Å². The van der Waals surface area contributed by atoms with Gasteiger partial charge in [-0.1, -0.05) is 6.07 Å². The highest BCUT2D eigenvalue weighted by Crippen LogP contribution is 2.36. The van der Waals surface area contributed by atoms with Crippen LogP contribution in [0.5, 0.6) is 11.5 Å². The van der Waals surface area contributed by atoms with Crippen molar-refractivity contribution >= 4 is 22.5 Å². The van der Waals surface area contributed by atoms with Gasteiger partial charge in [-0.25, -0.2) is 0 Å². The third-order valence-corrected chi connectivity index (χ3v) is 5.00. The van der Waals surface area contributed by atoms with E-state index in [1.165, 1.54) is 18.7 Å². The van der Waals surface area contributed by atoms with Gasteiger partial charge in [-0.15, -0.1) is 0 Å². The number of benzene rings is 2. The van der Waals surface area contributed by atoms with Gasteiger partial charge in [0.05, 0.1) is 23.6 Å². The number of ether oxygens (including phenoxy) is 1. The molecule has 6 nitrogen and oxygen atoms in total. The summed E-state index contributed by atoms with van der Waals surface area (Å²) in [6, 6.07) is 8.35. The minimum absolute atomic E-state index is 0.162. The Morgan fingerprint density at radius 2 is 1.74 bits per heavy atom. The molecule has 0 saturated carbocycles. The predicted molar refractivity (Wildman–Crippen MR) is 111 cm³/mol. The number of alkyl halides is 3. The van der Waals surface area contributed by atoms with E-state index in [9.17, 15) is 27.9 Å². The second-order valence-electron chi connectivity index (χ2n) is 7.26. The zero-order valence-electron chi connectivity index (χ0n) is 17.3. The average molecular weight is 434 g/mol. The van der Waals surface area contributed by atoms with Crippen LogP contribution in [0.4, 0.5) is 18.9 Å². The zero-order valence-corrected chi connectivity index (χ0v) is 17.3. The number of pyridine rings is 1. The number of aryl methyl sites for hydroxylation is 1. The maximum atomic E-state index is 13.4. The zero-order chi connectivity index (χ0) is 23.1. The fraction of sp³-hybridized carbons (Fsp3) is 0.273. The van der Waals surface area contributed by atoms with E-state index >= 15 is 0 Å². The van der Waals surface area contributed by atoms with Crippen LogP contribution >= 0.6 is 0 Å². The van der Waals surface area contributed by atoms with E-state index in [1.54, 1.807) is 32.0 Å². The summed E-state index contributed by atoms with van der Waals surface area (Å²) < 4.78 is 45.2. The van der Waals surface area contributed by atoms with Crippen molar-refractivity contribution < 1.29 is 27.8 Å². The SMILES string of the molecule is COc1cccc2c1c(O)c(C(=O)N(c1ccc(C(F)(F)F)cc1)C(C)C)c(=O)n2C. The van der Waals surface area contributed by atoms with Crippen LogP contribution in [0.3, 0.4) is 0 Å². The number of amides is 1. The van der Waals surface area contributed by atoms with E-state index < -0.39 is 40.6 Å². The summed E-state index contributed by atoms with van der Waals surface area (Å²) in [5, 5.41) is 11.1. The number of hydrogen-bond donors (Lipinski definition) is 1. The summed E-state index contributed by atoms with van der Waals surface area (Å²) in [4.78, 5) is 27.5. The van der Waals surface area contributed by atoms with Crippen LogP contribution in [-0.2, 0) is 13.2 Å². The first-order valence-electron chi connectivity index (χ1n) is 9.38. The number of halogens is 3. The second kappa shape index (κ2) is 7.98. The lowest BCUT2D eigenvalue weighted by atomic mass is 10.1. The number of nitrogens with zero attached hydrogens (tertiary/aromatic N) is 2. The van der Waals surface area contributed by atoms with E-state index in [-0.39, 0.29) is 16.8 Å². The van der Waals surface area contributed by atoms with E-state index in [2.05, 4.69) is 0 Å². The number of carbonyl (C=O) groups is 1. The van der Waals surface area contributed by atoms with Gasteiger partial charge in [-0.2, -0.15) is 13.2 Å². The van der Waals surface area contributed by atoms with Crippen LogP contribution in [0.1, 0.15) is 29.8 Å². The Morgan fingerprint density at radius 1 is 1.13 bits per heavy atom. The standard InChI is InChI=1S/C22H21F3N2O4/c1-12(2)27(14-10-8-13(9-11-14)22(23,24)25)21(30)18-19(28)17-15(26(3)20(18)29)6-5-7-16(17)31-4/h5-12,28H,1-4H3. The average Bonchev–Trinajstić information content (AvgIpc) is 2.71. The largest absolute Gasteiger partial charge is 0.506 e. The van der Waals surface area contributed by atoms with E-state index in [0.717, 1.165) is 29.2 Å². The van der Waals surface area contributed by atoms with Crippen LogP contribution in [0.25, 0.3) is 10.9 Å². The quantitative estimate of drug-likeness (QED) is 0.664. The van der Waals surface area contributed by atoms with Crippen molar-refractivity contribution in [1.29, 1.82) is 0 Å². The van der Waals surface area contributed by atoms with Gasteiger partial charge in [-0.05, 0) is 50.2 Å². The first kappa shape index (κ1) is 22.2. The molecule has 0 aliphatic heterocycles. The maximum absolute atomic E-state index is 13.4. The molecule has 0 aliphatic rings. The molecule has 0 saturated heterocycles. The third-order valence-electron chi connectivity index (χ3n) is 5.00. The summed E-state index contributed by atoms with van der Waals surface area (Å²) in [5.41, 5.74) is -1.56. The molecular weight excluding hydrogens is 413 g/mol. The van der Waals surface area contributed by atoms with Gasteiger partial charge in [0.2, 0.25) is 0 Å². The molecule has 1 N–H and O–H groups in total. The van der Waals surface area contributed by atoms with E-state index in [0.29, 0.717) is 5.52 Å². The number of carbonyl (C=O) groups excluding carboxylic acids is 1. The first-order valence-corrected chi connectivity index (χ1v) is 9.38. The van der Waals surface area contributed by atoms with Crippen molar-refractivity contribution in [2.75, 3.05) is 12.0 Å². The molecule has 0 fully saturated rings. The van der Waals surface area contributed by atoms with E-state index in [1.807, 2.05) is 0 Å². The van der Waals surface area contributed by atoms with Gasteiger partial charge in [0.25, 0.3) is 11.5 Å². The smallest absolute Gasteiger partial charge is 0.416 e. The highest BCUT2D eigenvalue weighted by Gasteiger charge is 2.32. The summed E-state index contributed by atoms with van der Waals surface area (Å²) in [5.74, 6) is -1.11. The molecule has 0 spiro atoms. The van der Waals surface area contributed by atoms with Gasteiger partial charge in [0, 0.05) is 18.8 Å². The number of methoxy groups -OCH3 is 1. The third kappa shape index (κ3) is 3.83. The summed E-state index contributed by atoms with van der Waals surface area (Å²) in [6.45, 7) is 3.30. The Balaban J connectivity index is 2.21. The maximum Gasteiger partial charge on any atom is 0.416 e. The van der Waals surface area contributed by atoms with Gasteiger partial charge in [0.15, 0.2) is 0 Å². The van der Waals surface area contributed by atoms with Crippen molar-refractivity contribution in [1.82, 2.24) is 4.57 Å². The molecule has 0 radical (unpaired) electrons. The number of fused-ring (bicyclic) bond motifs is 1. The number of hydrogen-bond acceptors (Lipinski definition) is 4. The van der Waals surface area contributed by atoms with Gasteiger partial charge < -0.3 is 19.3 Å². The number of aromatic nitrogens is 1. The molecule has 164 valence electrons. The van der Waals surface area contributed by atoms with Gasteiger partial charge in [-0.3, -0.25) is 9.59 Å². The van der Waals surface area contributed by atoms with E-state index in [4.69, 9.17) is 4.74 Å². The minimum Gasteiger partial charge on any atom is -0.506 e. The lowest BCUT2D eigenvalue weighted by molar-refractivity contribution is -0.137. The number of aromatic hydroxyl groups is 1. The van der Waals surface area contributed by atoms with Crippen LogP contribution in [0.2, 0.25) is 0 Å². The Morgan fingerprint density at radius 3 is 2.26 bits per heavy atom.